The topological polar surface area (TPSA) is 88.1 Å². The summed E-state index contributed by atoms with van der Waals surface area (Å²) < 4.78 is 36.0. The number of thiophene rings is 1. The summed E-state index contributed by atoms with van der Waals surface area (Å²) in [6, 6.07) is 16.4. The van der Waals surface area contributed by atoms with Crippen molar-refractivity contribution in [3.63, 3.8) is 0 Å². The summed E-state index contributed by atoms with van der Waals surface area (Å²) in [5, 5.41) is 0. The van der Waals surface area contributed by atoms with Gasteiger partial charge in [0.1, 0.15) is 24.6 Å². The number of aryl methyl sites for hydroxylation is 1. The van der Waals surface area contributed by atoms with Crippen LogP contribution in [0.2, 0.25) is 0 Å². The fourth-order valence-corrected chi connectivity index (χ4v) is 5.70. The Kier molecular flexibility index (Phi) is 9.14. The Balaban J connectivity index is 1.62. The highest BCUT2D eigenvalue weighted by Crippen LogP contribution is 2.37. The van der Waals surface area contributed by atoms with Crippen molar-refractivity contribution in [2.45, 2.75) is 65.0 Å². The zero-order valence-electron chi connectivity index (χ0n) is 22.3. The molecule has 3 aromatic rings. The van der Waals surface area contributed by atoms with Gasteiger partial charge in [-0.3, -0.25) is 14.4 Å². The first-order valence-electron chi connectivity index (χ1n) is 12.7. The molecule has 4 atom stereocenters. The molecule has 0 bridgehead atoms. The van der Waals surface area contributed by atoms with Crippen LogP contribution in [0.15, 0.2) is 54.6 Å². The van der Waals surface area contributed by atoms with E-state index in [1.807, 2.05) is 31.2 Å². The van der Waals surface area contributed by atoms with Gasteiger partial charge in [-0.2, -0.15) is 0 Å². The zero-order chi connectivity index (χ0) is 28.1. The molecule has 1 saturated heterocycles. The minimum absolute atomic E-state index is 0.0174. The van der Waals surface area contributed by atoms with Gasteiger partial charge in [0.15, 0.2) is 6.10 Å². The molecule has 0 spiro atoms. The first kappa shape index (κ1) is 28.4. The van der Waals surface area contributed by atoms with Gasteiger partial charge in [0.25, 0.3) is 0 Å². The van der Waals surface area contributed by atoms with E-state index in [0.29, 0.717) is 6.42 Å². The minimum atomic E-state index is -0.873. The maximum absolute atomic E-state index is 13.3. The lowest BCUT2D eigenvalue weighted by atomic mass is 9.90. The Hall–Kier alpha value is -3.56. The summed E-state index contributed by atoms with van der Waals surface area (Å²) in [5.41, 5.74) is 3.83. The number of ether oxygens (including phenoxy) is 4. The number of rotatable bonds is 8. The average molecular weight is 555 g/mol. The van der Waals surface area contributed by atoms with Crippen molar-refractivity contribution >= 4 is 29.2 Å². The highest BCUT2D eigenvalue weighted by Gasteiger charge is 2.44. The summed E-state index contributed by atoms with van der Waals surface area (Å²) in [6.07, 6.45) is -2.09. The lowest BCUT2D eigenvalue weighted by Crippen LogP contribution is -2.49. The van der Waals surface area contributed by atoms with Crippen LogP contribution in [0.25, 0.3) is 10.4 Å². The van der Waals surface area contributed by atoms with E-state index in [4.69, 9.17) is 18.9 Å². The van der Waals surface area contributed by atoms with Crippen LogP contribution >= 0.6 is 11.3 Å². The Bertz CT molecular complexity index is 1330. The first-order chi connectivity index (χ1) is 18.6. The highest BCUT2D eigenvalue weighted by atomic mass is 32.1. The van der Waals surface area contributed by atoms with Crippen LogP contribution in [0.4, 0.5) is 4.39 Å². The molecule has 1 aliphatic rings. The number of benzene rings is 2. The fourth-order valence-electron chi connectivity index (χ4n) is 4.66. The van der Waals surface area contributed by atoms with Crippen molar-refractivity contribution < 1.29 is 37.7 Å². The molecule has 0 unspecified atom stereocenters. The van der Waals surface area contributed by atoms with E-state index in [0.717, 1.165) is 32.0 Å². The molecule has 206 valence electrons. The van der Waals surface area contributed by atoms with Crippen LogP contribution in [0.1, 0.15) is 54.9 Å². The van der Waals surface area contributed by atoms with E-state index in [2.05, 4.69) is 6.07 Å². The maximum atomic E-state index is 13.3. The van der Waals surface area contributed by atoms with Gasteiger partial charge in [0.2, 0.25) is 0 Å². The lowest BCUT2D eigenvalue weighted by molar-refractivity contribution is -0.214. The number of esters is 3. The van der Waals surface area contributed by atoms with Crippen molar-refractivity contribution in [1.29, 1.82) is 0 Å². The van der Waals surface area contributed by atoms with E-state index in [1.165, 1.54) is 32.9 Å². The van der Waals surface area contributed by atoms with E-state index >= 15 is 0 Å². The third-order valence-electron chi connectivity index (χ3n) is 6.45. The van der Waals surface area contributed by atoms with E-state index in [1.54, 1.807) is 23.5 Å². The third-order valence-corrected chi connectivity index (χ3v) is 7.58. The lowest BCUT2D eigenvalue weighted by Gasteiger charge is -2.40. The number of hydrogen-bond acceptors (Lipinski definition) is 8. The van der Waals surface area contributed by atoms with E-state index in [9.17, 15) is 18.8 Å². The van der Waals surface area contributed by atoms with Gasteiger partial charge in [0.05, 0.1) is 6.10 Å². The Morgan fingerprint density at radius 3 is 2.33 bits per heavy atom. The standard InChI is InChI=1S/C30H31FO7S/c1-17-5-6-22(13-23(17)14-26-11-12-28(39-26)21-7-9-24(31)10-8-21)29-30(37-20(4)34)27(36-19(3)33)15-25(38-29)16-35-18(2)32/h5-13,25,27,29-30H,14-16H2,1-4H3/t25-,27-,29-,30+/m0/s1. The van der Waals surface area contributed by atoms with Gasteiger partial charge in [-0.05, 0) is 53.4 Å². The van der Waals surface area contributed by atoms with E-state index in [-0.39, 0.29) is 18.8 Å². The first-order valence-corrected chi connectivity index (χ1v) is 13.5. The maximum Gasteiger partial charge on any atom is 0.303 e. The van der Waals surface area contributed by atoms with Gasteiger partial charge in [0, 0.05) is 43.4 Å². The third kappa shape index (κ3) is 7.52. The summed E-state index contributed by atoms with van der Waals surface area (Å²) in [7, 11) is 0. The molecule has 1 fully saturated rings. The second kappa shape index (κ2) is 12.5. The molecule has 2 aromatic carbocycles. The molecule has 39 heavy (non-hydrogen) atoms. The van der Waals surface area contributed by atoms with Crippen LogP contribution < -0.4 is 0 Å². The van der Waals surface area contributed by atoms with E-state index < -0.39 is 42.3 Å². The largest absolute Gasteiger partial charge is 0.463 e. The SMILES string of the molecule is CC(=O)OC[C@@H]1C[C@H](OC(C)=O)[C@@H](OC(C)=O)[C@H](c2ccc(C)c(Cc3ccc(-c4ccc(F)cc4)s3)c2)O1. The predicted molar refractivity (Wildman–Crippen MR) is 144 cm³/mol. The van der Waals surface area contributed by atoms with Crippen LogP contribution in [0.5, 0.6) is 0 Å². The van der Waals surface area contributed by atoms with Gasteiger partial charge >= 0.3 is 17.9 Å². The van der Waals surface area contributed by atoms with Gasteiger partial charge in [-0.25, -0.2) is 4.39 Å². The number of carbonyl (C=O) groups is 3. The molecule has 4 rings (SSSR count). The monoisotopic (exact) mass is 554 g/mol. The summed E-state index contributed by atoms with van der Waals surface area (Å²) in [6.45, 7) is 5.90. The van der Waals surface area contributed by atoms with Crippen LogP contribution in [-0.4, -0.2) is 42.8 Å². The Morgan fingerprint density at radius 2 is 1.67 bits per heavy atom. The van der Waals surface area contributed by atoms with Crippen molar-refractivity contribution in [2.75, 3.05) is 6.61 Å². The molecular formula is C30H31FO7S. The van der Waals surface area contributed by atoms with Crippen LogP contribution in [0, 0.1) is 12.7 Å². The van der Waals surface area contributed by atoms with Gasteiger partial charge < -0.3 is 18.9 Å². The average Bonchev–Trinajstić information content (AvgIpc) is 3.33. The van der Waals surface area contributed by atoms with Gasteiger partial charge in [-0.15, -0.1) is 11.3 Å². The molecule has 0 radical (unpaired) electrons. The number of hydrogen-bond donors (Lipinski definition) is 0. The quantitative estimate of drug-likeness (QED) is 0.260. The normalized spacial score (nSPS) is 20.7. The Morgan fingerprint density at radius 1 is 0.949 bits per heavy atom. The number of halogens is 1. The molecular weight excluding hydrogens is 523 g/mol. The fraction of sp³-hybridized carbons (Fsp3) is 0.367. The van der Waals surface area contributed by atoms with Crippen molar-refractivity contribution in [3.8, 4) is 10.4 Å². The van der Waals surface area contributed by atoms with Crippen molar-refractivity contribution in [3.05, 3.63) is 82.0 Å². The summed E-state index contributed by atoms with van der Waals surface area (Å²) in [5.74, 6) is -1.76. The second-order valence-corrected chi connectivity index (χ2v) is 10.7. The van der Waals surface area contributed by atoms with Crippen molar-refractivity contribution in [2.24, 2.45) is 0 Å². The molecule has 2 heterocycles. The summed E-state index contributed by atoms with van der Waals surface area (Å²) >= 11 is 1.63. The molecule has 1 aromatic heterocycles. The summed E-state index contributed by atoms with van der Waals surface area (Å²) in [4.78, 5) is 37.5. The predicted octanol–water partition coefficient (Wildman–Crippen LogP) is 5.71. The molecule has 0 amide bonds. The molecule has 0 N–H and O–H groups in total. The smallest absolute Gasteiger partial charge is 0.303 e. The molecule has 1 aliphatic heterocycles. The number of carbonyl (C=O) groups excluding carboxylic acids is 3. The Labute approximate surface area is 230 Å². The second-order valence-electron chi connectivity index (χ2n) is 9.57. The van der Waals surface area contributed by atoms with Crippen molar-refractivity contribution in [1.82, 2.24) is 0 Å². The van der Waals surface area contributed by atoms with Crippen LogP contribution in [-0.2, 0) is 39.8 Å². The van der Waals surface area contributed by atoms with Gasteiger partial charge in [-0.1, -0.05) is 30.3 Å². The zero-order valence-corrected chi connectivity index (χ0v) is 23.1. The minimum Gasteiger partial charge on any atom is -0.463 e. The van der Waals surface area contributed by atoms with Crippen LogP contribution in [0.3, 0.4) is 0 Å². The molecule has 0 saturated carbocycles. The highest BCUT2D eigenvalue weighted by molar-refractivity contribution is 7.15. The molecule has 7 nitrogen and oxygen atoms in total. The molecule has 0 aliphatic carbocycles. The molecule has 9 heteroatoms.